The number of carbonyl (C=O) groups is 8. The minimum atomic E-state index is -1.82. The molecule has 0 atom stereocenters. The van der Waals surface area contributed by atoms with Crippen LogP contribution in [0.2, 0.25) is 0 Å². The van der Waals surface area contributed by atoms with Gasteiger partial charge in [0.15, 0.2) is 0 Å². The third-order valence-electron chi connectivity index (χ3n) is 7.93. The normalized spacial score (nSPS) is 10.6. The Morgan fingerprint density at radius 1 is 0.458 bits per heavy atom. The first-order chi connectivity index (χ1) is 28.3. The van der Waals surface area contributed by atoms with E-state index in [1.54, 1.807) is 65.8 Å². The lowest BCUT2D eigenvalue weighted by Gasteiger charge is -2.16. The van der Waals surface area contributed by atoms with Crippen LogP contribution in [0.25, 0.3) is 0 Å². The third-order valence-corrected chi connectivity index (χ3v) is 7.93. The van der Waals surface area contributed by atoms with Gasteiger partial charge in [-0.15, -0.1) is 0 Å². The van der Waals surface area contributed by atoms with Crippen molar-refractivity contribution >= 4 is 70.6 Å². The number of esters is 4. The molecule has 0 aliphatic rings. The first kappa shape index (κ1) is 48.9. The Morgan fingerprint density at radius 2 is 0.780 bits per heavy atom. The highest BCUT2D eigenvalue weighted by Crippen LogP contribution is 2.23. The molecule has 0 saturated heterocycles. The van der Waals surface area contributed by atoms with E-state index < -0.39 is 59.7 Å². The van der Waals surface area contributed by atoms with Gasteiger partial charge in [-0.2, -0.15) is 0 Å². The monoisotopic (exact) mass is 830 g/mol. The summed E-state index contributed by atoms with van der Waals surface area (Å²) in [6.07, 6.45) is 0.822. The molecule has 2 rings (SSSR count). The second kappa shape index (κ2) is 26.6. The highest BCUT2D eigenvalue weighted by molar-refractivity contribution is 6.19. The Bertz CT molecular complexity index is 1610. The van der Waals surface area contributed by atoms with Crippen molar-refractivity contribution in [1.29, 1.82) is 0 Å². The predicted molar refractivity (Wildman–Crippen MR) is 212 cm³/mol. The van der Waals surface area contributed by atoms with E-state index in [2.05, 4.69) is 21.3 Å². The second-order valence-corrected chi connectivity index (χ2v) is 12.5. The summed E-state index contributed by atoms with van der Waals surface area (Å²) in [6, 6.07) is 9.36. The molecule has 4 N–H and O–H groups in total. The zero-order valence-electron chi connectivity index (χ0n) is 34.2. The quantitative estimate of drug-likeness (QED) is 0.0468. The molecule has 0 radical (unpaired) electrons. The number of amides is 4. The average Bonchev–Trinajstić information content (AvgIpc) is 3.17. The number of aryl methyl sites for hydroxylation is 2. The van der Waals surface area contributed by atoms with E-state index in [-0.39, 0.29) is 51.0 Å². The van der Waals surface area contributed by atoms with E-state index in [9.17, 15) is 38.4 Å². The molecule has 0 heterocycles. The summed E-state index contributed by atoms with van der Waals surface area (Å²) >= 11 is 0. The predicted octanol–water partition coefficient (Wildman–Crippen LogP) is 5.04. The lowest BCUT2D eigenvalue weighted by atomic mass is 10.1. The van der Waals surface area contributed by atoms with Crippen LogP contribution in [0.1, 0.15) is 64.5 Å². The third kappa shape index (κ3) is 17.4. The maximum atomic E-state index is 12.8. The molecule has 19 nitrogen and oxygen atoms in total. The number of unbranched alkanes of at least 4 members (excludes halogenated alkanes) is 2. The Morgan fingerprint density at radius 3 is 1.10 bits per heavy atom. The number of anilines is 4. The molecule has 0 aliphatic carbocycles. The molecule has 0 unspecified atom stereocenters. The maximum absolute atomic E-state index is 12.8. The molecule has 0 fully saturated rings. The van der Waals surface area contributed by atoms with E-state index in [1.165, 1.54) is 12.1 Å². The van der Waals surface area contributed by atoms with Gasteiger partial charge in [0.25, 0.3) is 0 Å². The van der Waals surface area contributed by atoms with Gasteiger partial charge in [0, 0.05) is 36.0 Å². The molecule has 4 amide bonds. The summed E-state index contributed by atoms with van der Waals surface area (Å²) in [4.78, 5) is 99.5. The Hall–Kier alpha value is -6.24. The van der Waals surface area contributed by atoms with Crippen LogP contribution in [-0.4, -0.2) is 101 Å². The molecular weight excluding hydrogens is 776 g/mol. The number of hydrogen-bond donors (Lipinski definition) is 4. The van der Waals surface area contributed by atoms with Gasteiger partial charge in [0.1, 0.15) is 0 Å². The average molecular weight is 831 g/mol. The summed E-state index contributed by atoms with van der Waals surface area (Å²) in [5, 5.41) is 10.2. The smallest absolute Gasteiger partial charge is 0.411 e. The zero-order valence-corrected chi connectivity index (χ0v) is 34.2. The van der Waals surface area contributed by atoms with Gasteiger partial charge in [0.05, 0.1) is 39.6 Å². The molecule has 19 heteroatoms. The van der Waals surface area contributed by atoms with Gasteiger partial charge >= 0.3 is 36.1 Å². The van der Waals surface area contributed by atoms with Crippen LogP contribution in [0.5, 0.6) is 0 Å². The van der Waals surface area contributed by atoms with Gasteiger partial charge in [0.2, 0.25) is 23.7 Å². The van der Waals surface area contributed by atoms with Crippen molar-refractivity contribution in [3.05, 3.63) is 47.5 Å². The van der Waals surface area contributed by atoms with E-state index in [1.807, 2.05) is 0 Å². The minimum absolute atomic E-state index is 0.0329. The number of benzene rings is 2. The molecule has 59 heavy (non-hydrogen) atoms. The van der Waals surface area contributed by atoms with Crippen LogP contribution >= 0.6 is 0 Å². The van der Waals surface area contributed by atoms with Crippen LogP contribution < -0.4 is 21.3 Å². The summed E-state index contributed by atoms with van der Waals surface area (Å²) in [6.45, 7) is 10.5. The van der Waals surface area contributed by atoms with Crippen molar-refractivity contribution in [1.82, 2.24) is 0 Å². The van der Waals surface area contributed by atoms with E-state index in [0.29, 0.717) is 61.4 Å². The van der Waals surface area contributed by atoms with Crippen LogP contribution in [0.4, 0.5) is 32.3 Å². The van der Waals surface area contributed by atoms with Gasteiger partial charge in [-0.05, 0) is 103 Å². The standard InChI is InChI=1S/C40H54N4O15/c1-7-54-35(47)31(36(48)55-8-2)33(45)43-29-23-27(17-15-25(29)5)41-39(51)58-21-13-11-19-53-20-12-14-22-59-40(52)42-28-18-16-26(6)30(24-28)44-34(46)32(37(49)56-9-3)38(50)57-10-4/h15-18,23-24,31-32H,7-14,19-22H2,1-6H3,(H,41,51)(H,42,52)(H,43,45)(H,44,46). The molecule has 0 aromatic heterocycles. The second-order valence-electron chi connectivity index (χ2n) is 12.5. The van der Waals surface area contributed by atoms with Crippen LogP contribution in [-0.2, 0) is 61.9 Å². The van der Waals surface area contributed by atoms with Gasteiger partial charge in [-0.1, -0.05) is 12.1 Å². The molecule has 0 spiro atoms. The summed E-state index contributed by atoms with van der Waals surface area (Å²) in [7, 11) is 0. The van der Waals surface area contributed by atoms with Crippen molar-refractivity contribution < 1.29 is 71.5 Å². The van der Waals surface area contributed by atoms with Gasteiger partial charge < -0.3 is 43.8 Å². The molecule has 0 saturated carbocycles. The number of nitrogens with one attached hydrogen (secondary N) is 4. The van der Waals surface area contributed by atoms with Crippen molar-refractivity contribution in [2.24, 2.45) is 11.8 Å². The highest BCUT2D eigenvalue weighted by Gasteiger charge is 2.38. The topological polar surface area (TPSA) is 249 Å². The number of ether oxygens (including phenoxy) is 7. The fourth-order valence-electron chi connectivity index (χ4n) is 4.95. The zero-order chi connectivity index (χ0) is 43.7. The van der Waals surface area contributed by atoms with Crippen LogP contribution in [0.15, 0.2) is 36.4 Å². The molecule has 2 aromatic carbocycles. The molecule has 2 aromatic rings. The van der Waals surface area contributed by atoms with Crippen molar-refractivity contribution in [3.63, 3.8) is 0 Å². The Labute approximate surface area is 342 Å². The Balaban J connectivity index is 1.67. The summed E-state index contributed by atoms with van der Waals surface area (Å²) in [5.74, 6) is -9.66. The maximum Gasteiger partial charge on any atom is 0.411 e. The Kier molecular flexibility index (Phi) is 22.1. The van der Waals surface area contributed by atoms with Crippen LogP contribution in [0, 0.1) is 25.7 Å². The lowest BCUT2D eigenvalue weighted by Crippen LogP contribution is -2.38. The molecule has 0 aliphatic heterocycles. The number of carbonyl (C=O) groups excluding carboxylic acids is 8. The van der Waals surface area contributed by atoms with E-state index in [4.69, 9.17) is 33.2 Å². The van der Waals surface area contributed by atoms with Crippen molar-refractivity contribution in [2.75, 3.05) is 74.1 Å². The van der Waals surface area contributed by atoms with Gasteiger partial charge in [-0.3, -0.25) is 39.4 Å². The fraction of sp³-hybridized carbons (Fsp3) is 0.500. The lowest BCUT2D eigenvalue weighted by molar-refractivity contribution is -0.166. The van der Waals surface area contributed by atoms with Crippen LogP contribution in [0.3, 0.4) is 0 Å². The summed E-state index contributed by atoms with van der Waals surface area (Å²) in [5.41, 5.74) is 2.31. The van der Waals surface area contributed by atoms with Crippen molar-refractivity contribution in [2.45, 2.75) is 67.2 Å². The number of rotatable bonds is 24. The fourth-order valence-corrected chi connectivity index (χ4v) is 4.95. The molecule has 324 valence electrons. The van der Waals surface area contributed by atoms with E-state index in [0.717, 1.165) is 0 Å². The SMILES string of the molecule is CCOC(=O)C(C(=O)Nc1cc(NC(=O)OCCCCOCCCCOC(=O)Nc2ccc(C)c(NC(=O)C(C(=O)OCC)C(=O)OCC)c2)ccc1C)C(=O)OCC. The molecular formula is C40H54N4O15. The first-order valence-corrected chi connectivity index (χ1v) is 19.2. The number of hydrogen-bond acceptors (Lipinski definition) is 15. The molecule has 0 bridgehead atoms. The van der Waals surface area contributed by atoms with E-state index >= 15 is 0 Å². The minimum Gasteiger partial charge on any atom is -0.465 e. The van der Waals surface area contributed by atoms with Gasteiger partial charge in [-0.25, -0.2) is 9.59 Å². The van der Waals surface area contributed by atoms with Crippen molar-refractivity contribution in [3.8, 4) is 0 Å². The summed E-state index contributed by atoms with van der Waals surface area (Å²) < 4.78 is 35.5. The largest absolute Gasteiger partial charge is 0.465 e. The highest BCUT2D eigenvalue weighted by atomic mass is 16.6. The first-order valence-electron chi connectivity index (χ1n) is 19.2.